The number of rotatable bonds is 2. The third kappa shape index (κ3) is 2.14. The lowest BCUT2D eigenvalue weighted by atomic mass is 9.98. The molecule has 2 aliphatic heterocycles. The first kappa shape index (κ1) is 13.5. The van der Waals surface area contributed by atoms with Crippen LogP contribution in [0.2, 0.25) is 0 Å². The van der Waals surface area contributed by atoms with Gasteiger partial charge in [-0.3, -0.25) is 4.79 Å². The highest BCUT2D eigenvalue weighted by atomic mass is 16.1. The standard InChI is InChI=1S/C16H16N4O/c1-5-11-13-15(20-19-11)17-14(18-16(13)21)12-9(3)6-8(2)7-10(12)4/h6-7H,5H2,1-4H3. The van der Waals surface area contributed by atoms with E-state index < -0.39 is 0 Å². The first-order valence-corrected chi connectivity index (χ1v) is 6.96. The summed E-state index contributed by atoms with van der Waals surface area (Å²) in [5.74, 6) is 0.530. The van der Waals surface area contributed by atoms with Gasteiger partial charge in [0.1, 0.15) is 5.57 Å². The van der Waals surface area contributed by atoms with Gasteiger partial charge in [0.25, 0.3) is 5.91 Å². The largest absolute Gasteiger partial charge is 0.284 e. The number of nitrogens with zero attached hydrogens (tertiary/aromatic N) is 4. The van der Waals surface area contributed by atoms with Crippen molar-refractivity contribution in [2.75, 3.05) is 0 Å². The summed E-state index contributed by atoms with van der Waals surface area (Å²) in [4.78, 5) is 20.9. The summed E-state index contributed by atoms with van der Waals surface area (Å²) >= 11 is 0. The van der Waals surface area contributed by atoms with E-state index >= 15 is 0 Å². The van der Waals surface area contributed by atoms with Gasteiger partial charge in [-0.1, -0.05) is 24.6 Å². The molecule has 0 spiro atoms. The van der Waals surface area contributed by atoms with Crippen LogP contribution in [0.1, 0.15) is 35.6 Å². The van der Waals surface area contributed by atoms with Gasteiger partial charge in [0.15, 0.2) is 11.7 Å². The molecule has 21 heavy (non-hydrogen) atoms. The Kier molecular flexibility index (Phi) is 3.12. The predicted molar refractivity (Wildman–Crippen MR) is 81.8 cm³/mol. The number of aliphatic imine (C=N–C) groups is 2. The predicted octanol–water partition coefficient (Wildman–Crippen LogP) is 3.43. The van der Waals surface area contributed by atoms with Gasteiger partial charge in [-0.05, 0) is 38.3 Å². The molecule has 3 rings (SSSR count). The van der Waals surface area contributed by atoms with E-state index in [1.54, 1.807) is 0 Å². The van der Waals surface area contributed by atoms with Crippen molar-refractivity contribution in [1.82, 2.24) is 0 Å². The highest BCUT2D eigenvalue weighted by molar-refractivity contribution is 6.31. The van der Waals surface area contributed by atoms with Crippen molar-refractivity contribution in [3.8, 4) is 0 Å². The molecule has 0 unspecified atom stereocenters. The molecule has 2 heterocycles. The Morgan fingerprint density at radius 1 is 0.952 bits per heavy atom. The quantitative estimate of drug-likeness (QED) is 0.818. The number of hydrogen-bond acceptors (Lipinski definition) is 4. The topological polar surface area (TPSA) is 66.5 Å². The molecule has 2 aliphatic rings. The first-order valence-electron chi connectivity index (χ1n) is 6.96. The van der Waals surface area contributed by atoms with Crippen LogP contribution in [0.3, 0.4) is 0 Å². The van der Waals surface area contributed by atoms with Crippen molar-refractivity contribution in [2.24, 2.45) is 20.2 Å². The number of amides is 1. The maximum absolute atomic E-state index is 12.3. The van der Waals surface area contributed by atoms with Crippen LogP contribution >= 0.6 is 0 Å². The molecule has 0 N–H and O–H groups in total. The highest BCUT2D eigenvalue weighted by Gasteiger charge is 2.30. The molecule has 5 heteroatoms. The van der Waals surface area contributed by atoms with Gasteiger partial charge in [-0.25, -0.2) is 4.99 Å². The zero-order chi connectivity index (χ0) is 15.1. The van der Waals surface area contributed by atoms with Gasteiger partial charge < -0.3 is 0 Å². The van der Waals surface area contributed by atoms with E-state index in [0.29, 0.717) is 29.4 Å². The van der Waals surface area contributed by atoms with E-state index in [-0.39, 0.29) is 5.91 Å². The number of azo groups is 1. The zero-order valence-corrected chi connectivity index (χ0v) is 12.6. The first-order chi connectivity index (χ1) is 10.0. The van der Waals surface area contributed by atoms with Crippen molar-refractivity contribution in [2.45, 2.75) is 34.1 Å². The van der Waals surface area contributed by atoms with Crippen LogP contribution < -0.4 is 0 Å². The lowest BCUT2D eigenvalue weighted by Crippen LogP contribution is -2.19. The fourth-order valence-corrected chi connectivity index (χ4v) is 2.80. The minimum absolute atomic E-state index is 0.295. The number of aryl methyl sites for hydroxylation is 3. The molecule has 0 saturated heterocycles. The van der Waals surface area contributed by atoms with Gasteiger partial charge in [0.2, 0.25) is 0 Å². The SMILES string of the molecule is CCC1=C2C(=O)N=C(c3c(C)cc(C)cc3C)N=C2N=N1. The number of allylic oxidation sites excluding steroid dienone is 1. The molecule has 0 radical (unpaired) electrons. The Hall–Kier alpha value is -2.43. The maximum atomic E-state index is 12.3. The summed E-state index contributed by atoms with van der Waals surface area (Å²) in [5, 5.41) is 8.03. The van der Waals surface area contributed by atoms with Crippen molar-refractivity contribution in [3.05, 3.63) is 45.7 Å². The van der Waals surface area contributed by atoms with Gasteiger partial charge in [-0.2, -0.15) is 10.1 Å². The third-order valence-corrected chi connectivity index (χ3v) is 3.65. The Bertz CT molecular complexity index is 758. The van der Waals surface area contributed by atoms with E-state index in [9.17, 15) is 4.79 Å². The molecule has 0 aromatic heterocycles. The number of fused-ring (bicyclic) bond motifs is 1. The normalized spacial score (nSPS) is 17.0. The van der Waals surface area contributed by atoms with Gasteiger partial charge >= 0.3 is 0 Å². The minimum atomic E-state index is -0.295. The number of carbonyl (C=O) groups is 1. The summed E-state index contributed by atoms with van der Waals surface area (Å²) in [6, 6.07) is 4.13. The van der Waals surface area contributed by atoms with E-state index in [0.717, 1.165) is 16.7 Å². The molecule has 0 bridgehead atoms. The Labute approximate surface area is 123 Å². The monoisotopic (exact) mass is 280 g/mol. The van der Waals surface area contributed by atoms with E-state index in [4.69, 9.17) is 0 Å². The fraction of sp³-hybridized carbons (Fsp3) is 0.312. The van der Waals surface area contributed by atoms with E-state index in [1.807, 2.05) is 27.7 Å². The second kappa shape index (κ2) is 4.84. The molecule has 0 saturated carbocycles. The summed E-state index contributed by atoms with van der Waals surface area (Å²) < 4.78 is 0. The van der Waals surface area contributed by atoms with Crippen LogP contribution in [0, 0.1) is 20.8 Å². The molecular formula is C16H16N4O. The molecule has 0 fully saturated rings. The summed E-state index contributed by atoms with van der Waals surface area (Å²) in [6.45, 7) is 7.98. The van der Waals surface area contributed by atoms with Crippen LogP contribution in [0.4, 0.5) is 0 Å². The van der Waals surface area contributed by atoms with Gasteiger partial charge in [0, 0.05) is 5.56 Å². The molecule has 106 valence electrons. The molecule has 0 atom stereocenters. The molecular weight excluding hydrogens is 264 g/mol. The lowest BCUT2D eigenvalue weighted by molar-refractivity contribution is -0.114. The van der Waals surface area contributed by atoms with Crippen molar-refractivity contribution < 1.29 is 4.79 Å². The number of hydrogen-bond donors (Lipinski definition) is 0. The second-order valence-corrected chi connectivity index (χ2v) is 5.32. The molecule has 0 aliphatic carbocycles. The number of amidine groups is 2. The van der Waals surface area contributed by atoms with E-state index in [1.165, 1.54) is 5.56 Å². The maximum Gasteiger partial charge on any atom is 0.284 e. The summed E-state index contributed by atoms with van der Waals surface area (Å²) in [7, 11) is 0. The smallest absolute Gasteiger partial charge is 0.266 e. The molecule has 1 aromatic carbocycles. The average molecular weight is 280 g/mol. The average Bonchev–Trinajstić information content (AvgIpc) is 2.81. The zero-order valence-electron chi connectivity index (χ0n) is 12.6. The highest BCUT2D eigenvalue weighted by Crippen LogP contribution is 2.27. The van der Waals surface area contributed by atoms with E-state index in [2.05, 4.69) is 32.3 Å². The Balaban J connectivity index is 2.14. The van der Waals surface area contributed by atoms with Crippen molar-refractivity contribution in [1.29, 1.82) is 0 Å². The van der Waals surface area contributed by atoms with Gasteiger partial charge in [0.05, 0.1) is 5.70 Å². The summed E-state index contributed by atoms with van der Waals surface area (Å²) in [5.41, 5.74) is 5.31. The van der Waals surface area contributed by atoms with Crippen LogP contribution in [-0.4, -0.2) is 17.6 Å². The minimum Gasteiger partial charge on any atom is -0.266 e. The number of benzene rings is 1. The molecule has 1 amide bonds. The lowest BCUT2D eigenvalue weighted by Gasteiger charge is -2.14. The third-order valence-electron chi connectivity index (χ3n) is 3.65. The van der Waals surface area contributed by atoms with Gasteiger partial charge in [-0.15, -0.1) is 5.11 Å². The van der Waals surface area contributed by atoms with Crippen LogP contribution in [-0.2, 0) is 4.79 Å². The Morgan fingerprint density at radius 2 is 1.62 bits per heavy atom. The van der Waals surface area contributed by atoms with Crippen LogP contribution in [0.5, 0.6) is 0 Å². The van der Waals surface area contributed by atoms with Crippen molar-refractivity contribution >= 4 is 17.6 Å². The molecule has 1 aromatic rings. The molecule has 5 nitrogen and oxygen atoms in total. The second-order valence-electron chi connectivity index (χ2n) is 5.32. The van der Waals surface area contributed by atoms with Crippen molar-refractivity contribution in [3.63, 3.8) is 0 Å². The fourth-order valence-electron chi connectivity index (χ4n) is 2.80. The van der Waals surface area contributed by atoms with Crippen LogP contribution in [0.15, 0.2) is 43.6 Å². The summed E-state index contributed by atoms with van der Waals surface area (Å²) in [6.07, 6.45) is 0.650. The van der Waals surface area contributed by atoms with Crippen LogP contribution in [0.25, 0.3) is 0 Å². The Morgan fingerprint density at radius 3 is 2.24 bits per heavy atom. The number of carbonyl (C=O) groups excluding carboxylic acids is 1.